The van der Waals surface area contributed by atoms with Crippen molar-refractivity contribution in [3.63, 3.8) is 0 Å². The first-order valence-corrected chi connectivity index (χ1v) is 9.29. The van der Waals surface area contributed by atoms with Crippen molar-refractivity contribution in [3.05, 3.63) is 60.8 Å². The van der Waals surface area contributed by atoms with E-state index in [1.165, 1.54) is 0 Å². The molecule has 0 saturated carbocycles. The lowest BCUT2D eigenvalue weighted by atomic mass is 9.91. The van der Waals surface area contributed by atoms with Crippen molar-refractivity contribution in [1.82, 2.24) is 0 Å². The van der Waals surface area contributed by atoms with Crippen molar-refractivity contribution < 1.29 is 19.8 Å². The zero-order chi connectivity index (χ0) is 19.2. The van der Waals surface area contributed by atoms with E-state index in [9.17, 15) is 14.7 Å². The fourth-order valence-electron chi connectivity index (χ4n) is 2.76. The summed E-state index contributed by atoms with van der Waals surface area (Å²) in [4.78, 5) is 22.0. The highest BCUT2D eigenvalue weighted by molar-refractivity contribution is 5.94. The smallest absolute Gasteiger partial charge is 0.303 e. The molecule has 0 bridgehead atoms. The van der Waals surface area contributed by atoms with Gasteiger partial charge in [0, 0.05) is 18.3 Å². The maximum absolute atomic E-state index is 11.6. The van der Waals surface area contributed by atoms with Crippen molar-refractivity contribution in [1.29, 1.82) is 0 Å². The van der Waals surface area contributed by atoms with Gasteiger partial charge in [0.1, 0.15) is 0 Å². The molecule has 0 unspecified atom stereocenters. The quantitative estimate of drug-likeness (QED) is 0.507. The van der Waals surface area contributed by atoms with E-state index in [4.69, 9.17) is 5.11 Å². The van der Waals surface area contributed by atoms with Gasteiger partial charge in [-0.2, -0.15) is 0 Å². The summed E-state index contributed by atoms with van der Waals surface area (Å²) >= 11 is 0. The van der Waals surface area contributed by atoms with Crippen molar-refractivity contribution >= 4 is 11.8 Å². The fourth-order valence-corrected chi connectivity index (χ4v) is 2.76. The zero-order valence-electron chi connectivity index (χ0n) is 15.5. The van der Waals surface area contributed by atoms with Crippen molar-refractivity contribution in [2.75, 3.05) is 0 Å². The van der Waals surface area contributed by atoms with Crippen molar-refractivity contribution in [2.24, 2.45) is 11.8 Å². The lowest BCUT2D eigenvalue weighted by Gasteiger charge is -2.12. The number of carboxylic acid groups (broad SMARTS) is 1. The third kappa shape index (κ3) is 9.33. The number of aliphatic hydroxyl groups is 1. The molecule has 4 heteroatoms. The highest BCUT2D eigenvalue weighted by atomic mass is 16.4. The first kappa shape index (κ1) is 21.8. The van der Waals surface area contributed by atoms with Crippen LogP contribution in [0.3, 0.4) is 0 Å². The van der Waals surface area contributed by atoms with Gasteiger partial charge in [-0.25, -0.2) is 0 Å². The Morgan fingerprint density at radius 2 is 1.81 bits per heavy atom. The molecular formula is C22H30O4. The molecule has 1 aliphatic carbocycles. The van der Waals surface area contributed by atoms with Gasteiger partial charge in [-0.1, -0.05) is 61.6 Å². The predicted octanol–water partition coefficient (Wildman–Crippen LogP) is 4.39. The van der Waals surface area contributed by atoms with Crippen LogP contribution in [0, 0.1) is 11.8 Å². The molecule has 3 atom stereocenters. The van der Waals surface area contributed by atoms with E-state index < -0.39 is 12.1 Å². The van der Waals surface area contributed by atoms with E-state index in [0.29, 0.717) is 12.8 Å². The van der Waals surface area contributed by atoms with Crippen LogP contribution in [-0.2, 0) is 9.59 Å². The number of rotatable bonds is 12. The molecule has 26 heavy (non-hydrogen) atoms. The Labute approximate surface area is 156 Å². The SMILES string of the molecule is CC[C@H]1C(=O)C=C[C@H]1/C=C/[C@@H](O)C/C=C\C/C=C\C/C=C\CCC(=O)O. The number of carbonyl (C=O) groups excluding carboxylic acids is 1. The Kier molecular flexibility index (Phi) is 11.0. The van der Waals surface area contributed by atoms with E-state index in [-0.39, 0.29) is 24.0 Å². The Morgan fingerprint density at radius 3 is 2.46 bits per heavy atom. The molecule has 4 nitrogen and oxygen atoms in total. The average molecular weight is 358 g/mol. The zero-order valence-corrected chi connectivity index (χ0v) is 15.5. The maximum atomic E-state index is 11.6. The lowest BCUT2D eigenvalue weighted by Crippen LogP contribution is -2.13. The Bertz CT molecular complexity index is 581. The predicted molar refractivity (Wildman–Crippen MR) is 105 cm³/mol. The molecule has 2 N–H and O–H groups in total. The number of aliphatic hydroxyl groups excluding tert-OH is 1. The number of carboxylic acids is 1. The largest absolute Gasteiger partial charge is 0.481 e. The second-order valence-corrected chi connectivity index (χ2v) is 6.36. The van der Waals surface area contributed by atoms with E-state index in [1.807, 2.05) is 55.5 Å². The molecular weight excluding hydrogens is 328 g/mol. The molecule has 0 aromatic rings. The Balaban J connectivity index is 2.16. The molecule has 1 rings (SSSR count). The van der Waals surface area contributed by atoms with Gasteiger partial charge in [0.25, 0.3) is 0 Å². The number of hydrogen-bond donors (Lipinski definition) is 2. The van der Waals surface area contributed by atoms with Crippen LogP contribution in [0.15, 0.2) is 60.8 Å². The summed E-state index contributed by atoms with van der Waals surface area (Å²) in [5.41, 5.74) is 0. The molecule has 0 heterocycles. The molecule has 142 valence electrons. The molecule has 0 amide bonds. The van der Waals surface area contributed by atoms with Gasteiger partial charge in [0.2, 0.25) is 0 Å². The molecule has 0 aliphatic heterocycles. The normalized spacial score (nSPS) is 21.8. The summed E-state index contributed by atoms with van der Waals surface area (Å²) in [5.74, 6) is -0.458. The Hall–Kier alpha value is -2.20. The first-order valence-electron chi connectivity index (χ1n) is 9.29. The summed E-state index contributed by atoms with van der Waals surface area (Å²) in [6.45, 7) is 2.01. The second kappa shape index (κ2) is 13.1. The van der Waals surface area contributed by atoms with Gasteiger partial charge < -0.3 is 10.2 Å². The standard InChI is InChI=1S/C22H30O4/c1-2-20-18(15-17-21(20)24)14-16-19(23)12-10-8-6-4-3-5-7-9-11-13-22(25)26/h3-4,7-10,14-20,23H,2,5-6,11-13H2,1H3,(H,25,26)/b4-3-,9-7-,10-8-,16-14+/t18-,19+,20-/m1/s1. The Morgan fingerprint density at radius 1 is 1.15 bits per heavy atom. The molecule has 0 radical (unpaired) electrons. The van der Waals surface area contributed by atoms with Gasteiger partial charge in [-0.15, -0.1) is 0 Å². The molecule has 0 fully saturated rings. The van der Waals surface area contributed by atoms with E-state index in [1.54, 1.807) is 12.2 Å². The molecule has 0 aromatic heterocycles. The second-order valence-electron chi connectivity index (χ2n) is 6.36. The minimum absolute atomic E-state index is 0.0253. The summed E-state index contributed by atoms with van der Waals surface area (Å²) < 4.78 is 0. The third-order valence-electron chi connectivity index (χ3n) is 4.25. The van der Waals surface area contributed by atoms with E-state index in [2.05, 4.69) is 0 Å². The molecule has 1 aliphatic rings. The molecule has 0 aromatic carbocycles. The van der Waals surface area contributed by atoms with E-state index >= 15 is 0 Å². The maximum Gasteiger partial charge on any atom is 0.303 e. The molecule has 0 spiro atoms. The summed E-state index contributed by atoms with van der Waals surface area (Å²) in [7, 11) is 0. The third-order valence-corrected chi connectivity index (χ3v) is 4.25. The number of carbonyl (C=O) groups is 2. The summed E-state index contributed by atoms with van der Waals surface area (Å²) in [6.07, 6.45) is 22.3. The van der Waals surface area contributed by atoms with Crippen LogP contribution in [0.5, 0.6) is 0 Å². The summed E-state index contributed by atoms with van der Waals surface area (Å²) in [6, 6.07) is 0. The number of aliphatic carboxylic acids is 1. The van der Waals surface area contributed by atoms with Gasteiger partial charge in [0.15, 0.2) is 5.78 Å². The van der Waals surface area contributed by atoms with Crippen molar-refractivity contribution in [2.45, 2.75) is 51.6 Å². The highest BCUT2D eigenvalue weighted by Crippen LogP contribution is 2.26. The average Bonchev–Trinajstić information content (AvgIpc) is 2.97. The highest BCUT2D eigenvalue weighted by Gasteiger charge is 2.26. The topological polar surface area (TPSA) is 74.6 Å². The van der Waals surface area contributed by atoms with Gasteiger partial charge in [-0.05, 0) is 38.2 Å². The van der Waals surface area contributed by atoms with Crippen LogP contribution in [0.4, 0.5) is 0 Å². The number of ketones is 1. The first-order chi connectivity index (χ1) is 12.5. The van der Waals surface area contributed by atoms with Gasteiger partial charge in [0.05, 0.1) is 6.10 Å². The molecule has 0 saturated heterocycles. The van der Waals surface area contributed by atoms with Crippen LogP contribution < -0.4 is 0 Å². The van der Waals surface area contributed by atoms with Gasteiger partial charge >= 0.3 is 5.97 Å². The van der Waals surface area contributed by atoms with Crippen LogP contribution in [-0.4, -0.2) is 28.1 Å². The van der Waals surface area contributed by atoms with Gasteiger partial charge in [-0.3, -0.25) is 9.59 Å². The van der Waals surface area contributed by atoms with Crippen LogP contribution >= 0.6 is 0 Å². The number of hydrogen-bond acceptors (Lipinski definition) is 3. The summed E-state index contributed by atoms with van der Waals surface area (Å²) in [5, 5.41) is 18.5. The lowest BCUT2D eigenvalue weighted by molar-refractivity contribution is -0.136. The van der Waals surface area contributed by atoms with Crippen LogP contribution in [0.25, 0.3) is 0 Å². The van der Waals surface area contributed by atoms with Crippen LogP contribution in [0.1, 0.15) is 45.4 Å². The van der Waals surface area contributed by atoms with Crippen LogP contribution in [0.2, 0.25) is 0 Å². The fraction of sp³-hybridized carbons (Fsp3) is 0.455. The number of allylic oxidation sites excluding steroid dienone is 8. The minimum Gasteiger partial charge on any atom is -0.481 e. The van der Waals surface area contributed by atoms with Crippen molar-refractivity contribution in [3.8, 4) is 0 Å². The van der Waals surface area contributed by atoms with E-state index in [0.717, 1.165) is 19.3 Å². The monoisotopic (exact) mass is 358 g/mol. The minimum atomic E-state index is -0.772.